The highest BCUT2D eigenvalue weighted by Crippen LogP contribution is 2.48. The Morgan fingerprint density at radius 1 is 1.35 bits per heavy atom. The zero-order chi connectivity index (χ0) is 16.8. The van der Waals surface area contributed by atoms with E-state index in [0.717, 1.165) is 12.8 Å². The number of allylic oxidation sites excluding steroid dienone is 3. The van der Waals surface area contributed by atoms with E-state index in [0.29, 0.717) is 18.3 Å². The highest BCUT2D eigenvalue weighted by molar-refractivity contribution is 5.89. The molecule has 0 aromatic heterocycles. The van der Waals surface area contributed by atoms with Crippen molar-refractivity contribution in [1.29, 1.82) is 0 Å². The molecule has 2 rings (SSSR count). The minimum absolute atomic E-state index is 0.160. The van der Waals surface area contributed by atoms with Gasteiger partial charge in [-0.3, -0.25) is 4.79 Å². The monoisotopic (exact) mass is 319 g/mol. The quantitative estimate of drug-likeness (QED) is 0.401. The van der Waals surface area contributed by atoms with E-state index in [1.807, 2.05) is 13.0 Å². The predicted octanol–water partition coefficient (Wildman–Crippen LogP) is 3.59. The molecule has 0 aliphatic heterocycles. The molecule has 0 spiro atoms. The van der Waals surface area contributed by atoms with Crippen molar-refractivity contribution >= 4 is 5.78 Å². The van der Waals surface area contributed by atoms with Gasteiger partial charge in [-0.15, -0.1) is 0 Å². The highest BCUT2D eigenvalue weighted by Gasteiger charge is 2.43. The zero-order valence-electron chi connectivity index (χ0n) is 15.0. The molecular weight excluding hydrogens is 286 g/mol. The van der Waals surface area contributed by atoms with Gasteiger partial charge in [0.2, 0.25) is 0 Å². The molecule has 1 N–H and O–H groups in total. The lowest BCUT2D eigenvalue weighted by Crippen LogP contribution is -2.17. The minimum Gasteiger partial charge on any atom is -0.392 e. The molecule has 2 aliphatic carbocycles. The van der Waals surface area contributed by atoms with Crippen molar-refractivity contribution in [3.8, 4) is 0 Å². The summed E-state index contributed by atoms with van der Waals surface area (Å²) >= 11 is 0. The van der Waals surface area contributed by atoms with E-state index in [1.54, 1.807) is 11.6 Å². The van der Waals surface area contributed by atoms with Crippen molar-refractivity contribution < 1.29 is 9.90 Å². The number of aliphatic hydroxyl groups is 1. The van der Waals surface area contributed by atoms with Crippen molar-refractivity contribution in [1.82, 2.24) is 4.90 Å². The number of carbonyl (C=O) groups excluding carboxylic acids is 1. The number of hydrogen-bond donors (Lipinski definition) is 1. The molecule has 0 unspecified atom stereocenters. The lowest BCUT2D eigenvalue weighted by molar-refractivity contribution is -0.114. The smallest absolute Gasteiger partial charge is 0.155 e. The van der Waals surface area contributed by atoms with Crippen LogP contribution in [0.25, 0.3) is 0 Å². The molecule has 23 heavy (non-hydrogen) atoms. The van der Waals surface area contributed by atoms with Gasteiger partial charge in [-0.2, -0.15) is 0 Å². The van der Waals surface area contributed by atoms with Crippen LogP contribution in [0.1, 0.15) is 51.9 Å². The third-order valence-electron chi connectivity index (χ3n) is 5.41. The molecule has 0 heterocycles. The summed E-state index contributed by atoms with van der Waals surface area (Å²) in [5.41, 5.74) is 1.58. The van der Waals surface area contributed by atoms with Crippen LogP contribution in [0.3, 0.4) is 0 Å². The molecule has 1 fully saturated rings. The van der Waals surface area contributed by atoms with E-state index >= 15 is 0 Å². The number of carbonyl (C=O) groups is 1. The first-order chi connectivity index (χ1) is 11.0. The average molecular weight is 319 g/mol. The van der Waals surface area contributed by atoms with Gasteiger partial charge in [0.25, 0.3) is 0 Å². The molecular formula is C20H33NO2. The molecule has 3 heteroatoms. The number of nitrogens with zero attached hydrogens (tertiary/aromatic N) is 1. The first kappa shape index (κ1) is 18.4. The third kappa shape index (κ3) is 5.29. The molecule has 1 saturated carbocycles. The van der Waals surface area contributed by atoms with Gasteiger partial charge in [0.15, 0.2) is 5.78 Å². The first-order valence-corrected chi connectivity index (χ1v) is 9.24. The lowest BCUT2D eigenvalue weighted by Gasteiger charge is -2.18. The molecule has 0 aromatic carbocycles. The second-order valence-electron chi connectivity index (χ2n) is 7.53. The standard InChI is InChI=1S/C20H33NO2/c1-4-17(22)9-10-18-19-13-15(12-16(19)14-20(18)23)8-6-5-7-11-21(2)3/h9-10,12,16,18-20,23H,4-8,11,13-14H2,1-3H3/t16-,18+,19-,20+/m0/s1. The molecule has 0 aromatic rings. The highest BCUT2D eigenvalue weighted by atomic mass is 16.3. The average Bonchev–Trinajstić information content (AvgIpc) is 3.01. The van der Waals surface area contributed by atoms with E-state index in [-0.39, 0.29) is 17.8 Å². The number of ketones is 1. The zero-order valence-corrected chi connectivity index (χ0v) is 15.0. The molecule has 0 amide bonds. The summed E-state index contributed by atoms with van der Waals surface area (Å²) in [6.07, 6.45) is 13.4. The molecule has 0 bridgehead atoms. The van der Waals surface area contributed by atoms with Crippen molar-refractivity contribution in [2.75, 3.05) is 20.6 Å². The van der Waals surface area contributed by atoms with Crippen LogP contribution in [-0.4, -0.2) is 42.5 Å². The summed E-state index contributed by atoms with van der Waals surface area (Å²) in [6, 6.07) is 0. The Balaban J connectivity index is 1.78. The Morgan fingerprint density at radius 3 is 2.83 bits per heavy atom. The van der Waals surface area contributed by atoms with E-state index < -0.39 is 0 Å². The second-order valence-corrected chi connectivity index (χ2v) is 7.53. The largest absolute Gasteiger partial charge is 0.392 e. The summed E-state index contributed by atoms with van der Waals surface area (Å²) in [4.78, 5) is 13.7. The van der Waals surface area contributed by atoms with Gasteiger partial charge in [0, 0.05) is 12.3 Å². The Morgan fingerprint density at radius 2 is 2.13 bits per heavy atom. The number of aliphatic hydroxyl groups excluding tert-OH is 1. The van der Waals surface area contributed by atoms with E-state index in [2.05, 4.69) is 25.1 Å². The molecule has 0 radical (unpaired) electrons. The van der Waals surface area contributed by atoms with Crippen molar-refractivity contribution in [3.05, 3.63) is 23.8 Å². The Kier molecular flexibility index (Phi) is 7.04. The SMILES string of the molecule is CCC(=O)C=C[C@@H]1[C@H]2CC(CCCCCN(C)C)=C[C@H]2C[C@H]1O. The Labute approximate surface area is 141 Å². The van der Waals surface area contributed by atoms with Crippen LogP contribution in [0.4, 0.5) is 0 Å². The van der Waals surface area contributed by atoms with Crippen LogP contribution in [0.15, 0.2) is 23.8 Å². The Hall–Kier alpha value is -0.930. The molecule has 4 atom stereocenters. The summed E-state index contributed by atoms with van der Waals surface area (Å²) in [7, 11) is 4.26. The van der Waals surface area contributed by atoms with Gasteiger partial charge >= 0.3 is 0 Å². The van der Waals surface area contributed by atoms with Crippen LogP contribution < -0.4 is 0 Å². The fourth-order valence-corrected chi connectivity index (χ4v) is 4.08. The van der Waals surface area contributed by atoms with Gasteiger partial charge in [0.05, 0.1) is 6.10 Å². The van der Waals surface area contributed by atoms with Gasteiger partial charge in [0.1, 0.15) is 0 Å². The van der Waals surface area contributed by atoms with Crippen LogP contribution in [-0.2, 0) is 4.79 Å². The summed E-state index contributed by atoms with van der Waals surface area (Å²) in [6.45, 7) is 3.06. The van der Waals surface area contributed by atoms with Crippen molar-refractivity contribution in [2.24, 2.45) is 17.8 Å². The second kappa shape index (κ2) is 8.79. The molecule has 3 nitrogen and oxygen atoms in total. The van der Waals surface area contributed by atoms with Crippen LogP contribution in [0.2, 0.25) is 0 Å². The first-order valence-electron chi connectivity index (χ1n) is 9.24. The molecule has 130 valence electrons. The summed E-state index contributed by atoms with van der Waals surface area (Å²) in [5.74, 6) is 1.36. The van der Waals surface area contributed by atoms with E-state index in [4.69, 9.17) is 0 Å². The maximum atomic E-state index is 11.5. The van der Waals surface area contributed by atoms with Crippen molar-refractivity contribution in [2.45, 2.75) is 58.0 Å². The number of hydrogen-bond acceptors (Lipinski definition) is 3. The minimum atomic E-state index is -0.274. The maximum Gasteiger partial charge on any atom is 0.155 e. The van der Waals surface area contributed by atoms with E-state index in [1.165, 1.54) is 32.2 Å². The van der Waals surface area contributed by atoms with Crippen LogP contribution in [0, 0.1) is 17.8 Å². The normalized spacial score (nSPS) is 30.2. The predicted molar refractivity (Wildman–Crippen MR) is 95.3 cm³/mol. The number of rotatable bonds is 9. The van der Waals surface area contributed by atoms with Gasteiger partial charge in [-0.1, -0.05) is 31.1 Å². The van der Waals surface area contributed by atoms with Crippen LogP contribution in [0.5, 0.6) is 0 Å². The number of fused-ring (bicyclic) bond motifs is 1. The fourth-order valence-electron chi connectivity index (χ4n) is 4.08. The van der Waals surface area contributed by atoms with E-state index in [9.17, 15) is 9.90 Å². The van der Waals surface area contributed by atoms with Crippen LogP contribution >= 0.6 is 0 Å². The van der Waals surface area contributed by atoms with Gasteiger partial charge in [-0.25, -0.2) is 0 Å². The Bertz CT molecular complexity index is 453. The number of unbranched alkanes of at least 4 members (excludes halogenated alkanes) is 2. The summed E-state index contributed by atoms with van der Waals surface area (Å²) < 4.78 is 0. The third-order valence-corrected chi connectivity index (χ3v) is 5.41. The van der Waals surface area contributed by atoms with Crippen molar-refractivity contribution in [3.63, 3.8) is 0 Å². The molecule has 0 saturated heterocycles. The summed E-state index contributed by atoms with van der Waals surface area (Å²) in [5, 5.41) is 10.3. The van der Waals surface area contributed by atoms with Gasteiger partial charge in [-0.05, 0) is 70.7 Å². The maximum absolute atomic E-state index is 11.5. The molecule has 2 aliphatic rings. The topological polar surface area (TPSA) is 40.5 Å². The van der Waals surface area contributed by atoms with Gasteiger partial charge < -0.3 is 10.0 Å². The lowest BCUT2D eigenvalue weighted by atomic mass is 9.88. The fraction of sp³-hybridized carbons (Fsp3) is 0.750.